The molecule has 0 fully saturated rings. The third kappa shape index (κ3) is 8.00. The van der Waals surface area contributed by atoms with E-state index in [9.17, 15) is 9.59 Å². The minimum Gasteiger partial charge on any atom is -0.494 e. The van der Waals surface area contributed by atoms with E-state index >= 15 is 0 Å². The van der Waals surface area contributed by atoms with Gasteiger partial charge in [-0.1, -0.05) is 26.2 Å². The molecule has 0 atom stereocenters. The molecule has 0 saturated carbocycles. The summed E-state index contributed by atoms with van der Waals surface area (Å²) in [5, 5.41) is 22.7. The summed E-state index contributed by atoms with van der Waals surface area (Å²) in [5.74, 6) is -0.328. The van der Waals surface area contributed by atoms with Crippen molar-refractivity contribution in [3.63, 3.8) is 0 Å². The van der Waals surface area contributed by atoms with Gasteiger partial charge in [-0.2, -0.15) is 0 Å². The van der Waals surface area contributed by atoms with Gasteiger partial charge in [0.05, 0.1) is 19.8 Å². The van der Waals surface area contributed by atoms with E-state index in [1.807, 2.05) is 0 Å². The Kier molecular flexibility index (Phi) is 10.3. The maximum absolute atomic E-state index is 12.1. The molecule has 25 heavy (non-hydrogen) atoms. The number of nitrogens with one attached hydrogen (secondary N) is 2. The highest BCUT2D eigenvalue weighted by molar-refractivity contribution is 6.00. The summed E-state index contributed by atoms with van der Waals surface area (Å²) < 4.78 is 5.68. The van der Waals surface area contributed by atoms with Crippen LogP contribution in [0.4, 0.5) is 0 Å². The summed E-state index contributed by atoms with van der Waals surface area (Å²) in [6.45, 7) is 2.58. The van der Waals surface area contributed by atoms with Crippen molar-refractivity contribution in [2.45, 2.75) is 32.6 Å². The highest BCUT2D eigenvalue weighted by Crippen LogP contribution is 2.18. The summed E-state index contributed by atoms with van der Waals surface area (Å²) in [6.07, 6.45) is 4.25. The molecule has 0 aromatic heterocycles. The van der Waals surface area contributed by atoms with Gasteiger partial charge in [0, 0.05) is 24.2 Å². The quantitative estimate of drug-likeness (QED) is 0.421. The van der Waals surface area contributed by atoms with Crippen molar-refractivity contribution >= 4 is 11.8 Å². The Morgan fingerprint density at radius 1 is 0.920 bits per heavy atom. The molecule has 2 amide bonds. The molecule has 0 heterocycles. The maximum Gasteiger partial charge on any atom is 0.251 e. The number of amides is 2. The van der Waals surface area contributed by atoms with Crippen LogP contribution in [-0.2, 0) is 0 Å². The highest BCUT2D eigenvalue weighted by Gasteiger charge is 2.13. The SMILES string of the molecule is CCCCCCOc1cc(C(=O)NCCO)cc(C(=O)NCCO)c1. The molecule has 0 saturated heterocycles. The molecule has 0 unspecified atom stereocenters. The van der Waals surface area contributed by atoms with Gasteiger partial charge >= 0.3 is 0 Å². The lowest BCUT2D eigenvalue weighted by molar-refractivity contribution is 0.0943. The van der Waals surface area contributed by atoms with Gasteiger partial charge in [-0.15, -0.1) is 0 Å². The van der Waals surface area contributed by atoms with Crippen LogP contribution in [0.15, 0.2) is 18.2 Å². The summed E-state index contributed by atoms with van der Waals surface area (Å²) in [6, 6.07) is 4.62. The first-order valence-electron chi connectivity index (χ1n) is 8.68. The fourth-order valence-electron chi connectivity index (χ4n) is 2.21. The molecule has 0 bridgehead atoms. The number of unbranched alkanes of at least 4 members (excludes halogenated alkanes) is 3. The molecule has 0 aliphatic heterocycles. The highest BCUT2D eigenvalue weighted by atomic mass is 16.5. The molecule has 1 aromatic rings. The molecule has 7 nitrogen and oxygen atoms in total. The fraction of sp³-hybridized carbons (Fsp3) is 0.556. The van der Waals surface area contributed by atoms with Gasteiger partial charge in [0.2, 0.25) is 0 Å². The minimum atomic E-state index is -0.387. The average molecular weight is 352 g/mol. The molecule has 140 valence electrons. The van der Waals surface area contributed by atoms with E-state index in [-0.39, 0.29) is 49.2 Å². The van der Waals surface area contributed by atoms with Gasteiger partial charge in [0.15, 0.2) is 0 Å². The normalized spacial score (nSPS) is 10.4. The summed E-state index contributed by atoms with van der Waals surface area (Å²) in [5.41, 5.74) is 0.572. The van der Waals surface area contributed by atoms with Crippen molar-refractivity contribution in [3.8, 4) is 5.75 Å². The number of aliphatic hydroxyl groups is 2. The Labute approximate surface area is 148 Å². The van der Waals surface area contributed by atoms with Gasteiger partial charge in [-0.05, 0) is 24.6 Å². The Morgan fingerprint density at radius 3 is 1.96 bits per heavy atom. The van der Waals surface area contributed by atoms with Crippen LogP contribution in [0.25, 0.3) is 0 Å². The second kappa shape index (κ2) is 12.3. The van der Waals surface area contributed by atoms with Gasteiger partial charge in [-0.3, -0.25) is 9.59 Å². The van der Waals surface area contributed by atoms with E-state index in [0.717, 1.165) is 25.7 Å². The van der Waals surface area contributed by atoms with Crippen LogP contribution in [-0.4, -0.2) is 54.9 Å². The van der Waals surface area contributed by atoms with Gasteiger partial charge in [0.25, 0.3) is 11.8 Å². The first-order chi connectivity index (χ1) is 12.1. The van der Waals surface area contributed by atoms with Crippen LogP contribution < -0.4 is 15.4 Å². The van der Waals surface area contributed by atoms with Gasteiger partial charge in [-0.25, -0.2) is 0 Å². The van der Waals surface area contributed by atoms with Crippen LogP contribution in [0.5, 0.6) is 5.75 Å². The third-order valence-corrected chi connectivity index (χ3v) is 3.49. The molecule has 1 rings (SSSR count). The van der Waals surface area contributed by atoms with Crippen molar-refractivity contribution in [2.75, 3.05) is 32.9 Å². The van der Waals surface area contributed by atoms with Crippen LogP contribution in [0.2, 0.25) is 0 Å². The Bertz CT molecular complexity index is 510. The van der Waals surface area contributed by atoms with Crippen molar-refractivity contribution in [2.24, 2.45) is 0 Å². The van der Waals surface area contributed by atoms with Gasteiger partial charge < -0.3 is 25.6 Å². The van der Waals surface area contributed by atoms with Crippen molar-refractivity contribution in [1.29, 1.82) is 0 Å². The molecule has 4 N–H and O–H groups in total. The predicted molar refractivity (Wildman–Crippen MR) is 94.9 cm³/mol. The zero-order valence-corrected chi connectivity index (χ0v) is 14.7. The first-order valence-corrected chi connectivity index (χ1v) is 8.68. The number of ether oxygens (including phenoxy) is 1. The number of carbonyl (C=O) groups is 2. The molecule has 7 heteroatoms. The predicted octanol–water partition coefficient (Wildman–Crippen LogP) is 1.09. The molecule has 0 aliphatic carbocycles. The number of aliphatic hydroxyl groups excluding tert-OH is 2. The van der Waals surface area contributed by atoms with E-state index < -0.39 is 0 Å². The van der Waals surface area contributed by atoms with Crippen molar-refractivity contribution in [3.05, 3.63) is 29.3 Å². The smallest absolute Gasteiger partial charge is 0.251 e. The molecular weight excluding hydrogens is 324 g/mol. The summed E-state index contributed by atoms with van der Waals surface area (Å²) in [4.78, 5) is 24.2. The third-order valence-electron chi connectivity index (χ3n) is 3.49. The number of rotatable bonds is 12. The fourth-order valence-corrected chi connectivity index (χ4v) is 2.21. The number of carbonyl (C=O) groups excluding carboxylic acids is 2. The van der Waals surface area contributed by atoms with E-state index in [4.69, 9.17) is 14.9 Å². The van der Waals surface area contributed by atoms with Crippen LogP contribution in [0.3, 0.4) is 0 Å². The maximum atomic E-state index is 12.1. The topological polar surface area (TPSA) is 108 Å². The van der Waals surface area contributed by atoms with Crippen molar-refractivity contribution in [1.82, 2.24) is 10.6 Å². The first kappa shape index (κ1) is 20.9. The Hall–Kier alpha value is -2.12. The zero-order chi connectivity index (χ0) is 18.5. The number of hydrogen-bond acceptors (Lipinski definition) is 5. The second-order valence-corrected chi connectivity index (χ2v) is 5.61. The standard InChI is InChI=1S/C18H28N2O5/c1-2-3-4-5-10-25-16-12-14(17(23)19-6-8-21)11-15(13-16)18(24)20-7-9-22/h11-13,21-22H,2-10H2,1H3,(H,19,23)(H,20,24). The lowest BCUT2D eigenvalue weighted by atomic mass is 10.1. The van der Waals surface area contributed by atoms with E-state index in [1.54, 1.807) is 12.1 Å². The lowest BCUT2D eigenvalue weighted by Gasteiger charge is -2.11. The lowest BCUT2D eigenvalue weighted by Crippen LogP contribution is -2.28. The zero-order valence-electron chi connectivity index (χ0n) is 14.7. The van der Waals surface area contributed by atoms with E-state index in [0.29, 0.717) is 12.4 Å². The summed E-state index contributed by atoms with van der Waals surface area (Å²) >= 11 is 0. The number of benzene rings is 1. The number of hydrogen-bond donors (Lipinski definition) is 4. The van der Waals surface area contributed by atoms with E-state index in [2.05, 4.69) is 17.6 Å². The molecular formula is C18H28N2O5. The minimum absolute atomic E-state index is 0.132. The van der Waals surface area contributed by atoms with Crippen LogP contribution in [0, 0.1) is 0 Å². The molecule has 1 aromatic carbocycles. The second-order valence-electron chi connectivity index (χ2n) is 5.61. The molecule has 0 aliphatic rings. The van der Waals surface area contributed by atoms with Crippen LogP contribution >= 0.6 is 0 Å². The molecule has 0 spiro atoms. The average Bonchev–Trinajstić information content (AvgIpc) is 2.63. The van der Waals surface area contributed by atoms with E-state index in [1.165, 1.54) is 6.07 Å². The van der Waals surface area contributed by atoms with Crippen LogP contribution in [0.1, 0.15) is 53.3 Å². The Balaban J connectivity index is 2.85. The van der Waals surface area contributed by atoms with Gasteiger partial charge in [0.1, 0.15) is 5.75 Å². The molecule has 0 radical (unpaired) electrons. The Morgan fingerprint density at radius 2 is 1.48 bits per heavy atom. The monoisotopic (exact) mass is 352 g/mol. The van der Waals surface area contributed by atoms with Crippen molar-refractivity contribution < 1.29 is 24.5 Å². The largest absolute Gasteiger partial charge is 0.494 e. The summed E-state index contributed by atoms with van der Waals surface area (Å²) in [7, 11) is 0.